The first-order chi connectivity index (χ1) is 7.50. The summed E-state index contributed by atoms with van der Waals surface area (Å²) in [6.45, 7) is 6.35. The van der Waals surface area contributed by atoms with Crippen molar-refractivity contribution >= 4 is 23.0 Å². The molecule has 1 saturated heterocycles. The third-order valence-corrected chi connectivity index (χ3v) is 3.37. The third-order valence-electron chi connectivity index (χ3n) is 3.16. The van der Waals surface area contributed by atoms with Crippen LogP contribution in [0.3, 0.4) is 0 Å². The number of hydrogen-bond acceptors (Lipinski definition) is 3. The van der Waals surface area contributed by atoms with Crippen LogP contribution in [-0.4, -0.2) is 27.9 Å². The summed E-state index contributed by atoms with van der Waals surface area (Å²) in [6.07, 6.45) is 1.22. The molecule has 5 heteroatoms. The maximum atomic E-state index is 5.78. The van der Waals surface area contributed by atoms with Crippen molar-refractivity contribution in [2.45, 2.75) is 20.3 Å². The topological polar surface area (TPSA) is 47.1 Å². The molecule has 0 saturated carbocycles. The van der Waals surface area contributed by atoms with Crippen molar-refractivity contribution in [2.75, 3.05) is 18.0 Å². The lowest BCUT2D eigenvalue weighted by atomic mass is 10.2. The Morgan fingerprint density at radius 3 is 2.75 bits per heavy atom. The molecule has 1 fully saturated rings. The molecule has 4 nitrogen and oxygen atoms in total. The highest BCUT2D eigenvalue weighted by atomic mass is 32.1. The zero-order valence-corrected chi connectivity index (χ0v) is 10.8. The monoisotopic (exact) mass is 238 g/mol. The van der Waals surface area contributed by atoms with Gasteiger partial charge in [0, 0.05) is 20.1 Å². The van der Waals surface area contributed by atoms with Crippen molar-refractivity contribution < 1.29 is 0 Å². The summed E-state index contributed by atoms with van der Waals surface area (Å²) in [7, 11) is 1.95. The van der Waals surface area contributed by atoms with E-state index in [1.165, 1.54) is 6.42 Å². The second kappa shape index (κ2) is 4.05. The first-order valence-electron chi connectivity index (χ1n) is 5.59. The summed E-state index contributed by atoms with van der Waals surface area (Å²) in [5.41, 5.74) is 7.64. The normalized spacial score (nSPS) is 20.4. The first kappa shape index (κ1) is 11.4. The van der Waals surface area contributed by atoms with Crippen LogP contribution in [0.1, 0.15) is 24.6 Å². The Bertz CT molecular complexity index is 424. The lowest BCUT2D eigenvalue weighted by molar-refractivity contribution is 0.655. The van der Waals surface area contributed by atoms with Crippen molar-refractivity contribution in [3.05, 3.63) is 11.3 Å². The quantitative estimate of drug-likeness (QED) is 0.787. The zero-order valence-electron chi connectivity index (χ0n) is 10.0. The molecule has 1 unspecified atom stereocenters. The van der Waals surface area contributed by atoms with E-state index in [2.05, 4.69) is 16.9 Å². The third kappa shape index (κ3) is 1.80. The number of nitrogens with two attached hydrogens (primary N) is 1. The maximum absolute atomic E-state index is 5.78. The van der Waals surface area contributed by atoms with Crippen LogP contribution in [0.4, 0.5) is 5.82 Å². The number of hydrogen-bond donors (Lipinski definition) is 1. The number of aromatic nitrogens is 2. The van der Waals surface area contributed by atoms with E-state index >= 15 is 0 Å². The van der Waals surface area contributed by atoms with E-state index in [-0.39, 0.29) is 0 Å². The molecular weight excluding hydrogens is 220 g/mol. The SMILES string of the molecule is Cc1nn(C)c(N2CCC(C)C2)c1C(N)=S. The highest BCUT2D eigenvalue weighted by molar-refractivity contribution is 7.80. The molecule has 2 heterocycles. The van der Waals surface area contributed by atoms with Gasteiger partial charge in [-0.1, -0.05) is 19.1 Å². The number of nitrogens with zero attached hydrogens (tertiary/aromatic N) is 3. The number of aryl methyl sites for hydroxylation is 2. The second-order valence-corrected chi connectivity index (χ2v) is 5.05. The second-order valence-electron chi connectivity index (χ2n) is 4.61. The molecule has 0 amide bonds. The fourth-order valence-corrected chi connectivity index (χ4v) is 2.66. The molecule has 0 radical (unpaired) electrons. The lowest BCUT2D eigenvalue weighted by Gasteiger charge is -2.19. The summed E-state index contributed by atoms with van der Waals surface area (Å²) in [4.78, 5) is 2.78. The van der Waals surface area contributed by atoms with Gasteiger partial charge in [-0.2, -0.15) is 5.10 Å². The van der Waals surface area contributed by atoms with Gasteiger partial charge >= 0.3 is 0 Å². The molecule has 1 aliphatic rings. The van der Waals surface area contributed by atoms with E-state index < -0.39 is 0 Å². The molecule has 16 heavy (non-hydrogen) atoms. The first-order valence-corrected chi connectivity index (χ1v) is 6.00. The molecular formula is C11H18N4S. The minimum absolute atomic E-state index is 0.445. The van der Waals surface area contributed by atoms with Gasteiger partial charge < -0.3 is 10.6 Å². The minimum Gasteiger partial charge on any atom is -0.389 e. The van der Waals surface area contributed by atoms with E-state index in [1.54, 1.807) is 0 Å². The molecule has 1 atom stereocenters. The van der Waals surface area contributed by atoms with Crippen LogP contribution in [0, 0.1) is 12.8 Å². The summed E-state index contributed by atoms with van der Waals surface area (Å²) < 4.78 is 1.89. The Labute approximate surface area is 101 Å². The molecule has 1 aromatic heterocycles. The van der Waals surface area contributed by atoms with Crippen molar-refractivity contribution in [3.8, 4) is 0 Å². The molecule has 1 aromatic rings. The number of rotatable bonds is 2. The van der Waals surface area contributed by atoms with E-state index in [1.807, 2.05) is 18.7 Å². The zero-order chi connectivity index (χ0) is 11.9. The van der Waals surface area contributed by atoms with Crippen LogP contribution in [0.5, 0.6) is 0 Å². The summed E-state index contributed by atoms with van der Waals surface area (Å²) >= 11 is 5.11. The highest BCUT2D eigenvalue weighted by Gasteiger charge is 2.26. The summed E-state index contributed by atoms with van der Waals surface area (Å²) in [6, 6.07) is 0. The van der Waals surface area contributed by atoms with Gasteiger partial charge in [-0.3, -0.25) is 4.68 Å². The summed E-state index contributed by atoms with van der Waals surface area (Å²) in [5, 5.41) is 4.41. The van der Waals surface area contributed by atoms with Crippen LogP contribution in [-0.2, 0) is 7.05 Å². The summed E-state index contributed by atoms with van der Waals surface area (Å²) in [5.74, 6) is 1.81. The van der Waals surface area contributed by atoms with Gasteiger partial charge in [0.15, 0.2) is 0 Å². The maximum Gasteiger partial charge on any atom is 0.137 e. The number of thiocarbonyl (C=S) groups is 1. The average molecular weight is 238 g/mol. The van der Waals surface area contributed by atoms with Gasteiger partial charge in [0.05, 0.1) is 11.3 Å². The van der Waals surface area contributed by atoms with Gasteiger partial charge in [-0.25, -0.2) is 0 Å². The van der Waals surface area contributed by atoms with E-state index in [0.717, 1.165) is 36.1 Å². The lowest BCUT2D eigenvalue weighted by Crippen LogP contribution is -2.25. The Morgan fingerprint density at radius 1 is 1.56 bits per heavy atom. The Kier molecular flexibility index (Phi) is 2.88. The fraction of sp³-hybridized carbons (Fsp3) is 0.636. The van der Waals surface area contributed by atoms with Gasteiger partial charge in [-0.05, 0) is 19.3 Å². The highest BCUT2D eigenvalue weighted by Crippen LogP contribution is 2.28. The smallest absolute Gasteiger partial charge is 0.137 e. The van der Waals surface area contributed by atoms with Crippen LogP contribution in [0.15, 0.2) is 0 Å². The van der Waals surface area contributed by atoms with Crippen LogP contribution in [0.2, 0.25) is 0 Å². The van der Waals surface area contributed by atoms with Gasteiger partial charge in [0.25, 0.3) is 0 Å². The predicted octanol–water partition coefficient (Wildman–Crippen LogP) is 1.21. The van der Waals surface area contributed by atoms with Gasteiger partial charge in [-0.15, -0.1) is 0 Å². The van der Waals surface area contributed by atoms with Gasteiger partial charge in [0.2, 0.25) is 0 Å². The van der Waals surface area contributed by atoms with Crippen LogP contribution >= 0.6 is 12.2 Å². The van der Waals surface area contributed by atoms with E-state index in [0.29, 0.717) is 4.99 Å². The van der Waals surface area contributed by atoms with Crippen molar-refractivity contribution in [1.29, 1.82) is 0 Å². The van der Waals surface area contributed by atoms with E-state index in [9.17, 15) is 0 Å². The van der Waals surface area contributed by atoms with E-state index in [4.69, 9.17) is 18.0 Å². The van der Waals surface area contributed by atoms with Crippen LogP contribution < -0.4 is 10.6 Å². The molecule has 2 N–H and O–H groups in total. The van der Waals surface area contributed by atoms with Crippen molar-refractivity contribution in [2.24, 2.45) is 18.7 Å². The van der Waals surface area contributed by atoms with Crippen LogP contribution in [0.25, 0.3) is 0 Å². The van der Waals surface area contributed by atoms with Crippen molar-refractivity contribution in [1.82, 2.24) is 9.78 Å². The fourth-order valence-electron chi connectivity index (χ4n) is 2.42. The van der Waals surface area contributed by atoms with Gasteiger partial charge in [0.1, 0.15) is 10.8 Å². The molecule has 1 aliphatic heterocycles. The largest absolute Gasteiger partial charge is 0.389 e. The predicted molar refractivity (Wildman–Crippen MR) is 69.8 cm³/mol. The Balaban J connectivity index is 2.43. The Hall–Kier alpha value is -1.10. The number of anilines is 1. The molecule has 2 rings (SSSR count). The molecule has 0 aliphatic carbocycles. The standard InChI is InChI=1S/C11H18N4S/c1-7-4-5-15(6-7)11-9(10(12)16)8(2)13-14(11)3/h7H,4-6H2,1-3H3,(H2,12,16). The molecule has 0 aromatic carbocycles. The minimum atomic E-state index is 0.445. The molecule has 0 spiro atoms. The average Bonchev–Trinajstić information content (AvgIpc) is 2.69. The molecule has 0 bridgehead atoms. The van der Waals surface area contributed by atoms with Crippen molar-refractivity contribution in [3.63, 3.8) is 0 Å². The molecule has 88 valence electrons. The Morgan fingerprint density at radius 2 is 2.25 bits per heavy atom.